The van der Waals surface area contributed by atoms with E-state index in [1.54, 1.807) is 12.1 Å². The van der Waals surface area contributed by atoms with Crippen molar-refractivity contribution in [3.8, 4) is 11.5 Å². The fourth-order valence-electron chi connectivity index (χ4n) is 1.32. The molecule has 17 heavy (non-hydrogen) atoms. The summed E-state index contributed by atoms with van der Waals surface area (Å²) in [6.45, 7) is 2.70. The summed E-state index contributed by atoms with van der Waals surface area (Å²) in [5.41, 5.74) is 5.61. The Hall–Kier alpha value is -1.23. The Labute approximate surface area is 109 Å². The van der Waals surface area contributed by atoms with E-state index in [1.165, 1.54) is 7.11 Å². The highest BCUT2D eigenvalue weighted by atomic mass is 79.9. The summed E-state index contributed by atoms with van der Waals surface area (Å²) in [5, 5.41) is 0. The Balaban J connectivity index is 2.99. The first-order valence-corrected chi connectivity index (χ1v) is 6.19. The largest absolute Gasteiger partial charge is 0.493 e. The molecule has 0 aliphatic heterocycles. The zero-order chi connectivity index (χ0) is 12.8. The molecule has 1 aromatic carbocycles. The Morgan fingerprint density at radius 1 is 1.47 bits per heavy atom. The molecule has 0 saturated heterocycles. The zero-order valence-corrected chi connectivity index (χ0v) is 11.5. The van der Waals surface area contributed by atoms with Crippen LogP contribution in [-0.4, -0.2) is 19.6 Å². The van der Waals surface area contributed by atoms with Crippen LogP contribution in [0, 0.1) is 0 Å². The summed E-state index contributed by atoms with van der Waals surface area (Å²) in [5.74, 6) is 0.610. The van der Waals surface area contributed by atoms with E-state index in [1.807, 2.05) is 0 Å². The van der Waals surface area contributed by atoms with Crippen LogP contribution in [0.4, 0.5) is 0 Å². The molecule has 1 amide bonds. The van der Waals surface area contributed by atoms with Gasteiger partial charge >= 0.3 is 0 Å². The van der Waals surface area contributed by atoms with Crippen LogP contribution in [0.15, 0.2) is 16.6 Å². The second-order valence-corrected chi connectivity index (χ2v) is 4.41. The molecule has 0 heterocycles. The van der Waals surface area contributed by atoms with Crippen molar-refractivity contribution in [3.05, 3.63) is 22.2 Å². The standard InChI is InChI=1S/C12H16BrNO3/c1-3-4-5-17-11-9(13)6-8(12(14)15)7-10(11)16-2/h6-7H,3-5H2,1-2H3,(H2,14,15). The van der Waals surface area contributed by atoms with Crippen molar-refractivity contribution in [1.82, 2.24) is 0 Å². The van der Waals surface area contributed by atoms with Crippen molar-refractivity contribution >= 4 is 21.8 Å². The summed E-state index contributed by atoms with van der Waals surface area (Å²) in [7, 11) is 1.53. The van der Waals surface area contributed by atoms with Crippen LogP contribution in [0.2, 0.25) is 0 Å². The number of hydrogen-bond donors (Lipinski definition) is 1. The molecule has 0 aliphatic rings. The normalized spacial score (nSPS) is 10.1. The van der Waals surface area contributed by atoms with E-state index in [9.17, 15) is 4.79 Å². The molecule has 0 fully saturated rings. The number of rotatable bonds is 6. The Bertz CT molecular complexity index is 407. The molecule has 1 rings (SSSR count). The maximum Gasteiger partial charge on any atom is 0.248 e. The summed E-state index contributed by atoms with van der Waals surface area (Å²) in [6.07, 6.45) is 2.02. The molecule has 0 saturated carbocycles. The molecule has 0 aliphatic carbocycles. The van der Waals surface area contributed by atoms with Gasteiger partial charge in [0.15, 0.2) is 11.5 Å². The van der Waals surface area contributed by atoms with E-state index in [2.05, 4.69) is 22.9 Å². The van der Waals surface area contributed by atoms with Crippen LogP contribution in [0.25, 0.3) is 0 Å². The lowest BCUT2D eigenvalue weighted by Gasteiger charge is -2.13. The van der Waals surface area contributed by atoms with Crippen LogP contribution in [0.5, 0.6) is 11.5 Å². The van der Waals surface area contributed by atoms with Gasteiger partial charge in [-0.25, -0.2) is 0 Å². The van der Waals surface area contributed by atoms with E-state index >= 15 is 0 Å². The molecule has 94 valence electrons. The molecular formula is C12H16BrNO3. The number of carbonyl (C=O) groups excluding carboxylic acids is 1. The molecule has 0 atom stereocenters. The minimum Gasteiger partial charge on any atom is -0.493 e. The van der Waals surface area contributed by atoms with E-state index in [-0.39, 0.29) is 0 Å². The van der Waals surface area contributed by atoms with Gasteiger partial charge < -0.3 is 15.2 Å². The van der Waals surface area contributed by atoms with E-state index in [0.29, 0.717) is 28.1 Å². The number of ether oxygens (including phenoxy) is 2. The summed E-state index contributed by atoms with van der Waals surface area (Å²) >= 11 is 3.35. The van der Waals surface area contributed by atoms with Gasteiger partial charge in [0.2, 0.25) is 5.91 Å². The smallest absolute Gasteiger partial charge is 0.248 e. The SMILES string of the molecule is CCCCOc1c(Br)cc(C(N)=O)cc1OC. The molecule has 0 radical (unpaired) electrons. The van der Waals surface area contributed by atoms with Crippen LogP contribution in [0.3, 0.4) is 0 Å². The lowest BCUT2D eigenvalue weighted by atomic mass is 10.2. The monoisotopic (exact) mass is 301 g/mol. The quantitative estimate of drug-likeness (QED) is 0.822. The fraction of sp³-hybridized carbons (Fsp3) is 0.417. The van der Waals surface area contributed by atoms with Crippen LogP contribution in [0.1, 0.15) is 30.1 Å². The maximum atomic E-state index is 11.1. The second kappa shape index (κ2) is 6.49. The van der Waals surface area contributed by atoms with Crippen molar-refractivity contribution in [2.45, 2.75) is 19.8 Å². The van der Waals surface area contributed by atoms with Gasteiger partial charge in [0.05, 0.1) is 18.2 Å². The average molecular weight is 302 g/mol. The number of carbonyl (C=O) groups is 1. The fourth-order valence-corrected chi connectivity index (χ4v) is 1.88. The lowest BCUT2D eigenvalue weighted by Crippen LogP contribution is -2.11. The minimum absolute atomic E-state index is 0.386. The van der Waals surface area contributed by atoms with Gasteiger partial charge in [-0.2, -0.15) is 0 Å². The maximum absolute atomic E-state index is 11.1. The van der Waals surface area contributed by atoms with Crippen LogP contribution < -0.4 is 15.2 Å². The number of methoxy groups -OCH3 is 1. The van der Waals surface area contributed by atoms with Crippen molar-refractivity contribution < 1.29 is 14.3 Å². The van der Waals surface area contributed by atoms with Gasteiger partial charge in [-0.05, 0) is 34.5 Å². The van der Waals surface area contributed by atoms with Crippen molar-refractivity contribution in [1.29, 1.82) is 0 Å². The van der Waals surface area contributed by atoms with Gasteiger partial charge in [-0.1, -0.05) is 13.3 Å². The number of unbranched alkanes of at least 4 members (excludes halogenated alkanes) is 1. The first-order valence-electron chi connectivity index (χ1n) is 5.40. The number of halogens is 1. The predicted octanol–water partition coefficient (Wildman–Crippen LogP) is 2.74. The summed E-state index contributed by atoms with van der Waals surface area (Å²) in [4.78, 5) is 11.1. The molecule has 0 spiro atoms. The van der Waals surface area contributed by atoms with Gasteiger partial charge in [-0.15, -0.1) is 0 Å². The number of nitrogens with two attached hydrogens (primary N) is 1. The van der Waals surface area contributed by atoms with E-state index < -0.39 is 5.91 Å². The Morgan fingerprint density at radius 3 is 2.71 bits per heavy atom. The zero-order valence-electron chi connectivity index (χ0n) is 9.96. The molecule has 0 unspecified atom stereocenters. The van der Waals surface area contributed by atoms with Gasteiger partial charge in [-0.3, -0.25) is 4.79 Å². The third-order valence-electron chi connectivity index (χ3n) is 2.26. The summed E-state index contributed by atoms with van der Waals surface area (Å²) < 4.78 is 11.5. The summed E-state index contributed by atoms with van der Waals surface area (Å²) in [6, 6.07) is 3.21. The van der Waals surface area contributed by atoms with Crippen LogP contribution >= 0.6 is 15.9 Å². The predicted molar refractivity (Wildman–Crippen MR) is 69.6 cm³/mol. The lowest BCUT2D eigenvalue weighted by molar-refractivity contribution is 0.1000. The number of primary amides is 1. The molecule has 5 heteroatoms. The highest BCUT2D eigenvalue weighted by Crippen LogP contribution is 2.36. The third-order valence-corrected chi connectivity index (χ3v) is 2.85. The molecule has 0 bridgehead atoms. The number of hydrogen-bond acceptors (Lipinski definition) is 3. The Kier molecular flexibility index (Phi) is 5.28. The minimum atomic E-state index is -0.496. The highest BCUT2D eigenvalue weighted by Gasteiger charge is 2.13. The molecular weight excluding hydrogens is 286 g/mol. The van der Waals surface area contributed by atoms with Crippen molar-refractivity contribution in [2.75, 3.05) is 13.7 Å². The van der Waals surface area contributed by atoms with E-state index in [4.69, 9.17) is 15.2 Å². The van der Waals surface area contributed by atoms with Gasteiger partial charge in [0, 0.05) is 5.56 Å². The third kappa shape index (κ3) is 3.63. The second-order valence-electron chi connectivity index (χ2n) is 3.56. The van der Waals surface area contributed by atoms with E-state index in [0.717, 1.165) is 12.8 Å². The Morgan fingerprint density at radius 2 is 2.18 bits per heavy atom. The van der Waals surface area contributed by atoms with Gasteiger partial charge in [0.25, 0.3) is 0 Å². The molecule has 0 aromatic heterocycles. The molecule has 1 aromatic rings. The number of amides is 1. The van der Waals surface area contributed by atoms with Crippen LogP contribution in [-0.2, 0) is 0 Å². The number of benzene rings is 1. The first-order chi connectivity index (χ1) is 8.10. The topological polar surface area (TPSA) is 61.5 Å². The molecule has 2 N–H and O–H groups in total. The molecule has 4 nitrogen and oxygen atoms in total. The van der Waals surface area contributed by atoms with Crippen molar-refractivity contribution in [2.24, 2.45) is 5.73 Å². The highest BCUT2D eigenvalue weighted by molar-refractivity contribution is 9.10. The van der Waals surface area contributed by atoms with Gasteiger partial charge in [0.1, 0.15) is 0 Å². The van der Waals surface area contributed by atoms with Crippen molar-refractivity contribution in [3.63, 3.8) is 0 Å². The first kappa shape index (κ1) is 13.8. The average Bonchev–Trinajstić information content (AvgIpc) is 2.30.